The van der Waals surface area contributed by atoms with Crippen molar-refractivity contribution >= 4 is 29.3 Å². The number of fused-ring (bicyclic) bond motifs is 1. The van der Waals surface area contributed by atoms with Crippen LogP contribution in [-0.2, 0) is 6.42 Å². The van der Waals surface area contributed by atoms with Crippen LogP contribution < -0.4 is 0 Å². The van der Waals surface area contributed by atoms with E-state index in [0.717, 1.165) is 29.5 Å². The molecule has 0 spiro atoms. The zero-order chi connectivity index (χ0) is 12.4. The van der Waals surface area contributed by atoms with E-state index in [1.165, 1.54) is 9.80 Å². The standard InChI is InChI=1S/C14H16OS2/c1-9-4-5-10-6-7-11(14(16-2)17-3)13(15)12(10)8-9/h4-5,8H,6-7H2,1-3H3. The molecule has 0 unspecified atom stereocenters. The monoisotopic (exact) mass is 264 g/mol. The lowest BCUT2D eigenvalue weighted by molar-refractivity contribution is 0.102. The zero-order valence-corrected chi connectivity index (χ0v) is 12.0. The Balaban J connectivity index is 2.49. The fourth-order valence-electron chi connectivity index (χ4n) is 2.18. The van der Waals surface area contributed by atoms with E-state index in [0.29, 0.717) is 0 Å². The van der Waals surface area contributed by atoms with E-state index in [2.05, 4.69) is 12.1 Å². The van der Waals surface area contributed by atoms with Gasteiger partial charge in [-0.05, 0) is 43.9 Å². The fourth-order valence-corrected chi connectivity index (χ4v) is 3.73. The van der Waals surface area contributed by atoms with Crippen LogP contribution >= 0.6 is 23.5 Å². The summed E-state index contributed by atoms with van der Waals surface area (Å²) >= 11 is 3.36. The molecular formula is C14H16OS2. The Kier molecular flexibility index (Phi) is 4.00. The predicted octanol–water partition coefficient (Wildman–Crippen LogP) is 4.06. The SMILES string of the molecule is CSC(SC)=C1CCc2ccc(C)cc2C1=O. The minimum absolute atomic E-state index is 0.230. The summed E-state index contributed by atoms with van der Waals surface area (Å²) in [5.41, 5.74) is 4.27. The van der Waals surface area contributed by atoms with Crippen LogP contribution in [0.25, 0.3) is 0 Å². The number of rotatable bonds is 2. The second-order valence-electron chi connectivity index (χ2n) is 4.16. The molecule has 0 aliphatic heterocycles. The maximum absolute atomic E-state index is 12.4. The summed E-state index contributed by atoms with van der Waals surface area (Å²) in [6.07, 6.45) is 5.95. The van der Waals surface area contributed by atoms with Crippen molar-refractivity contribution in [3.8, 4) is 0 Å². The largest absolute Gasteiger partial charge is 0.289 e. The molecule has 0 saturated carbocycles. The molecule has 1 nitrogen and oxygen atoms in total. The maximum Gasteiger partial charge on any atom is 0.190 e. The van der Waals surface area contributed by atoms with Gasteiger partial charge in [0.25, 0.3) is 0 Å². The van der Waals surface area contributed by atoms with Crippen molar-refractivity contribution in [2.24, 2.45) is 0 Å². The third-order valence-electron chi connectivity index (χ3n) is 3.05. The van der Waals surface area contributed by atoms with Gasteiger partial charge in [-0.3, -0.25) is 4.79 Å². The van der Waals surface area contributed by atoms with Gasteiger partial charge >= 0.3 is 0 Å². The first-order chi connectivity index (χ1) is 8.17. The number of hydrogen-bond donors (Lipinski definition) is 0. The van der Waals surface area contributed by atoms with Gasteiger partial charge in [-0.1, -0.05) is 17.7 Å². The highest BCUT2D eigenvalue weighted by molar-refractivity contribution is 8.21. The van der Waals surface area contributed by atoms with Crippen LogP contribution in [0.3, 0.4) is 0 Å². The number of carbonyl (C=O) groups is 1. The van der Waals surface area contributed by atoms with E-state index in [1.54, 1.807) is 23.5 Å². The van der Waals surface area contributed by atoms with Gasteiger partial charge < -0.3 is 0 Å². The summed E-state index contributed by atoms with van der Waals surface area (Å²) in [5.74, 6) is 0.230. The molecule has 0 atom stereocenters. The van der Waals surface area contributed by atoms with Crippen molar-refractivity contribution in [1.29, 1.82) is 0 Å². The van der Waals surface area contributed by atoms with Crippen molar-refractivity contribution in [3.63, 3.8) is 0 Å². The Morgan fingerprint density at radius 3 is 2.53 bits per heavy atom. The van der Waals surface area contributed by atoms with Crippen LogP contribution in [-0.4, -0.2) is 18.3 Å². The molecular weight excluding hydrogens is 248 g/mol. The van der Waals surface area contributed by atoms with Gasteiger partial charge in [0.15, 0.2) is 5.78 Å². The van der Waals surface area contributed by atoms with Gasteiger partial charge in [-0.25, -0.2) is 0 Å². The van der Waals surface area contributed by atoms with E-state index < -0.39 is 0 Å². The zero-order valence-electron chi connectivity index (χ0n) is 10.4. The first-order valence-corrected chi connectivity index (χ1v) is 8.07. The number of aryl methyl sites for hydroxylation is 2. The fraction of sp³-hybridized carbons (Fsp3) is 0.357. The summed E-state index contributed by atoms with van der Waals surface area (Å²) in [7, 11) is 0. The summed E-state index contributed by atoms with van der Waals surface area (Å²) < 4.78 is 1.17. The quantitative estimate of drug-likeness (QED) is 0.750. The molecule has 1 aliphatic carbocycles. The van der Waals surface area contributed by atoms with Gasteiger partial charge in [-0.2, -0.15) is 0 Å². The smallest absolute Gasteiger partial charge is 0.190 e. The highest BCUT2D eigenvalue weighted by atomic mass is 32.2. The predicted molar refractivity (Wildman–Crippen MR) is 77.9 cm³/mol. The Labute approximate surface area is 111 Å². The van der Waals surface area contributed by atoms with Crippen LogP contribution in [0.4, 0.5) is 0 Å². The third-order valence-corrected chi connectivity index (χ3v) is 5.28. The first-order valence-electron chi connectivity index (χ1n) is 5.62. The van der Waals surface area contributed by atoms with Gasteiger partial charge in [-0.15, -0.1) is 23.5 Å². The molecule has 1 aliphatic rings. The third kappa shape index (κ3) is 2.45. The number of allylic oxidation sites excluding steroid dienone is 1. The average Bonchev–Trinajstić information content (AvgIpc) is 2.34. The Morgan fingerprint density at radius 2 is 1.88 bits per heavy atom. The summed E-state index contributed by atoms with van der Waals surface area (Å²) in [4.78, 5) is 12.4. The Bertz CT molecular complexity index is 483. The van der Waals surface area contributed by atoms with Crippen molar-refractivity contribution in [2.45, 2.75) is 19.8 Å². The molecule has 0 heterocycles. The first kappa shape index (κ1) is 12.8. The number of ketones is 1. The molecule has 0 saturated heterocycles. The molecule has 90 valence electrons. The van der Waals surface area contributed by atoms with Gasteiger partial charge in [0.1, 0.15) is 0 Å². The van der Waals surface area contributed by atoms with Crippen molar-refractivity contribution in [1.82, 2.24) is 0 Å². The van der Waals surface area contributed by atoms with Crippen molar-refractivity contribution in [3.05, 3.63) is 44.7 Å². The highest BCUT2D eigenvalue weighted by Gasteiger charge is 2.24. The molecule has 17 heavy (non-hydrogen) atoms. The molecule has 0 amide bonds. The van der Waals surface area contributed by atoms with Crippen LogP contribution in [0.5, 0.6) is 0 Å². The minimum Gasteiger partial charge on any atom is -0.289 e. The lowest BCUT2D eigenvalue weighted by atomic mass is 9.87. The van der Waals surface area contributed by atoms with Crippen LogP contribution in [0.1, 0.15) is 27.9 Å². The molecule has 0 N–H and O–H groups in total. The van der Waals surface area contributed by atoms with Crippen molar-refractivity contribution in [2.75, 3.05) is 12.5 Å². The molecule has 0 aromatic heterocycles. The molecule has 0 radical (unpaired) electrons. The second-order valence-corrected chi connectivity index (χ2v) is 6.06. The van der Waals surface area contributed by atoms with E-state index >= 15 is 0 Å². The lowest BCUT2D eigenvalue weighted by Gasteiger charge is -2.19. The van der Waals surface area contributed by atoms with E-state index in [-0.39, 0.29) is 5.78 Å². The van der Waals surface area contributed by atoms with Crippen LogP contribution in [0.2, 0.25) is 0 Å². The molecule has 1 aromatic carbocycles. The molecule has 2 rings (SSSR count). The summed E-state index contributed by atoms with van der Waals surface area (Å²) in [6, 6.07) is 6.21. The maximum atomic E-state index is 12.4. The molecule has 0 bridgehead atoms. The number of thioether (sulfide) groups is 2. The summed E-state index contributed by atoms with van der Waals surface area (Å²) in [6.45, 7) is 2.04. The average molecular weight is 264 g/mol. The number of benzene rings is 1. The normalized spacial score (nSPS) is 14.8. The van der Waals surface area contributed by atoms with E-state index in [9.17, 15) is 4.79 Å². The number of Topliss-reactive ketones (excluding diaryl/α,β-unsaturated/α-hetero) is 1. The molecule has 3 heteroatoms. The number of hydrogen-bond acceptors (Lipinski definition) is 3. The molecule has 1 aromatic rings. The van der Waals surface area contributed by atoms with Crippen LogP contribution in [0, 0.1) is 6.92 Å². The van der Waals surface area contributed by atoms with Gasteiger partial charge in [0, 0.05) is 15.4 Å². The Morgan fingerprint density at radius 1 is 1.18 bits per heavy atom. The van der Waals surface area contributed by atoms with E-state index in [4.69, 9.17) is 0 Å². The van der Waals surface area contributed by atoms with Gasteiger partial charge in [0.2, 0.25) is 0 Å². The second kappa shape index (κ2) is 5.32. The number of carbonyl (C=O) groups excluding carboxylic acids is 1. The summed E-state index contributed by atoms with van der Waals surface area (Å²) in [5, 5.41) is 0. The Hall–Kier alpha value is -0.670. The van der Waals surface area contributed by atoms with Crippen LogP contribution in [0.15, 0.2) is 28.0 Å². The lowest BCUT2D eigenvalue weighted by Crippen LogP contribution is -2.15. The van der Waals surface area contributed by atoms with E-state index in [1.807, 2.05) is 25.5 Å². The molecule has 0 fully saturated rings. The van der Waals surface area contributed by atoms with Crippen molar-refractivity contribution < 1.29 is 4.79 Å². The van der Waals surface area contributed by atoms with Gasteiger partial charge in [0.05, 0.1) is 0 Å². The topological polar surface area (TPSA) is 17.1 Å². The minimum atomic E-state index is 0.230. The highest BCUT2D eigenvalue weighted by Crippen LogP contribution is 2.35.